The summed E-state index contributed by atoms with van der Waals surface area (Å²) in [5, 5.41) is 14.2. The second-order valence-corrected chi connectivity index (χ2v) is 5.49. The summed E-state index contributed by atoms with van der Waals surface area (Å²) < 4.78 is 0. The van der Waals surface area contributed by atoms with E-state index in [0.717, 1.165) is 45.1 Å². The molecular weight excluding hydrogens is 296 g/mol. The van der Waals surface area contributed by atoms with Crippen molar-refractivity contribution >= 4 is 12.0 Å². The molecular formula is C15H26N6O2. The van der Waals surface area contributed by atoms with Gasteiger partial charge in [0.05, 0.1) is 0 Å². The third kappa shape index (κ3) is 6.37. The summed E-state index contributed by atoms with van der Waals surface area (Å²) in [6.45, 7) is 6.07. The maximum atomic E-state index is 11.4. The fraction of sp³-hybridized carbons (Fsp3) is 0.667. The number of anilines is 1. The molecule has 0 aromatic carbocycles. The van der Waals surface area contributed by atoms with E-state index in [9.17, 15) is 4.79 Å². The lowest BCUT2D eigenvalue weighted by atomic mass is 10.3. The summed E-state index contributed by atoms with van der Waals surface area (Å²) >= 11 is 0. The van der Waals surface area contributed by atoms with E-state index in [2.05, 4.69) is 30.4 Å². The topological polar surface area (TPSA) is 93.6 Å². The minimum Gasteiger partial charge on any atom is -0.396 e. The van der Waals surface area contributed by atoms with Gasteiger partial charge in [0.1, 0.15) is 0 Å². The Balaban J connectivity index is 1.54. The minimum absolute atomic E-state index is 0.0975. The van der Waals surface area contributed by atoms with Gasteiger partial charge in [-0.05, 0) is 25.5 Å². The molecule has 2 amide bonds. The zero-order valence-corrected chi connectivity index (χ0v) is 13.4. The van der Waals surface area contributed by atoms with Crippen LogP contribution in [0, 0.1) is 0 Å². The zero-order chi connectivity index (χ0) is 16.3. The van der Waals surface area contributed by atoms with Crippen molar-refractivity contribution in [2.75, 3.05) is 57.3 Å². The Morgan fingerprint density at radius 2 is 1.74 bits per heavy atom. The first-order chi connectivity index (χ1) is 11.3. The molecule has 23 heavy (non-hydrogen) atoms. The normalized spacial score (nSPS) is 15.4. The van der Waals surface area contributed by atoms with Gasteiger partial charge >= 0.3 is 6.03 Å². The van der Waals surface area contributed by atoms with Crippen molar-refractivity contribution in [3.05, 3.63) is 18.5 Å². The van der Waals surface area contributed by atoms with E-state index in [-0.39, 0.29) is 12.6 Å². The lowest BCUT2D eigenvalue weighted by Gasteiger charge is -2.34. The Morgan fingerprint density at radius 1 is 1.09 bits per heavy atom. The number of carbonyl (C=O) groups is 1. The lowest BCUT2D eigenvalue weighted by molar-refractivity contribution is 0.233. The Bertz CT molecular complexity index is 451. The standard InChI is InChI=1S/C15H26N6O2/c22-13-3-7-19-15(23)18-6-2-8-20-9-11-21(12-10-20)14-16-4-1-5-17-14/h1,4-5,22H,2-3,6-13H2,(H2,18,19,23). The molecule has 0 saturated carbocycles. The fourth-order valence-electron chi connectivity index (χ4n) is 2.47. The summed E-state index contributed by atoms with van der Waals surface area (Å²) in [5.74, 6) is 0.799. The van der Waals surface area contributed by atoms with Crippen LogP contribution in [0.1, 0.15) is 12.8 Å². The first-order valence-corrected chi connectivity index (χ1v) is 8.16. The first kappa shape index (κ1) is 17.4. The number of aliphatic hydroxyl groups excluding tert-OH is 1. The monoisotopic (exact) mass is 322 g/mol. The molecule has 1 aliphatic heterocycles. The van der Waals surface area contributed by atoms with E-state index in [1.54, 1.807) is 12.4 Å². The Hall–Kier alpha value is -1.93. The molecule has 3 N–H and O–H groups in total. The largest absolute Gasteiger partial charge is 0.396 e. The molecule has 1 aromatic heterocycles. The number of nitrogens with one attached hydrogen (secondary N) is 2. The molecule has 8 nitrogen and oxygen atoms in total. The molecule has 2 rings (SSSR count). The summed E-state index contributed by atoms with van der Waals surface area (Å²) in [4.78, 5) is 24.6. The number of hydrogen-bond acceptors (Lipinski definition) is 6. The van der Waals surface area contributed by atoms with Gasteiger partial charge in [0, 0.05) is 58.3 Å². The molecule has 0 aliphatic carbocycles. The highest BCUT2D eigenvalue weighted by molar-refractivity contribution is 5.73. The quantitative estimate of drug-likeness (QED) is 0.568. The van der Waals surface area contributed by atoms with Gasteiger partial charge in [-0.25, -0.2) is 14.8 Å². The molecule has 0 radical (unpaired) electrons. The van der Waals surface area contributed by atoms with Crippen LogP contribution < -0.4 is 15.5 Å². The van der Waals surface area contributed by atoms with E-state index in [4.69, 9.17) is 5.11 Å². The Morgan fingerprint density at radius 3 is 2.39 bits per heavy atom. The molecule has 1 saturated heterocycles. The highest BCUT2D eigenvalue weighted by Crippen LogP contribution is 2.09. The van der Waals surface area contributed by atoms with Crippen molar-refractivity contribution in [2.45, 2.75) is 12.8 Å². The molecule has 1 fully saturated rings. The molecule has 0 spiro atoms. The van der Waals surface area contributed by atoms with E-state index in [1.807, 2.05) is 6.07 Å². The van der Waals surface area contributed by atoms with Gasteiger partial charge in [-0.2, -0.15) is 0 Å². The molecule has 0 unspecified atom stereocenters. The van der Waals surface area contributed by atoms with Crippen LogP contribution in [-0.2, 0) is 0 Å². The summed E-state index contributed by atoms with van der Waals surface area (Å²) in [7, 11) is 0. The number of aliphatic hydroxyl groups is 1. The molecule has 0 bridgehead atoms. The number of aromatic nitrogens is 2. The minimum atomic E-state index is -0.163. The predicted octanol–water partition coefficient (Wildman–Crippen LogP) is -0.330. The van der Waals surface area contributed by atoms with Crippen LogP contribution >= 0.6 is 0 Å². The van der Waals surface area contributed by atoms with E-state index in [0.29, 0.717) is 19.5 Å². The summed E-state index contributed by atoms with van der Waals surface area (Å²) in [6.07, 6.45) is 5.05. The van der Waals surface area contributed by atoms with Gasteiger partial charge in [-0.3, -0.25) is 4.90 Å². The average Bonchev–Trinajstić information content (AvgIpc) is 2.60. The van der Waals surface area contributed by atoms with Gasteiger partial charge in [0.25, 0.3) is 0 Å². The first-order valence-electron chi connectivity index (χ1n) is 8.16. The number of urea groups is 1. The number of hydrogen-bond donors (Lipinski definition) is 3. The molecule has 8 heteroatoms. The van der Waals surface area contributed by atoms with Gasteiger partial charge in [-0.1, -0.05) is 0 Å². The van der Waals surface area contributed by atoms with Gasteiger partial charge in [0.15, 0.2) is 0 Å². The number of amides is 2. The van der Waals surface area contributed by atoms with E-state index in [1.165, 1.54) is 0 Å². The van der Waals surface area contributed by atoms with Crippen molar-refractivity contribution in [2.24, 2.45) is 0 Å². The number of carbonyl (C=O) groups excluding carboxylic acids is 1. The summed E-state index contributed by atoms with van der Waals surface area (Å²) in [6, 6.07) is 1.66. The van der Waals surface area contributed by atoms with Crippen LogP contribution in [0.2, 0.25) is 0 Å². The van der Waals surface area contributed by atoms with Crippen LogP contribution in [0.15, 0.2) is 18.5 Å². The second-order valence-electron chi connectivity index (χ2n) is 5.49. The highest BCUT2D eigenvalue weighted by Gasteiger charge is 2.18. The highest BCUT2D eigenvalue weighted by atomic mass is 16.3. The van der Waals surface area contributed by atoms with Crippen molar-refractivity contribution < 1.29 is 9.90 Å². The van der Waals surface area contributed by atoms with Crippen molar-refractivity contribution in [3.8, 4) is 0 Å². The fourth-order valence-corrected chi connectivity index (χ4v) is 2.47. The predicted molar refractivity (Wildman–Crippen MR) is 88.4 cm³/mol. The maximum Gasteiger partial charge on any atom is 0.314 e. The van der Waals surface area contributed by atoms with Gasteiger partial charge in [0.2, 0.25) is 5.95 Å². The van der Waals surface area contributed by atoms with Crippen molar-refractivity contribution in [3.63, 3.8) is 0 Å². The van der Waals surface area contributed by atoms with Gasteiger partial charge < -0.3 is 20.6 Å². The van der Waals surface area contributed by atoms with Crippen LogP contribution in [0.5, 0.6) is 0 Å². The summed E-state index contributed by atoms with van der Waals surface area (Å²) in [5.41, 5.74) is 0. The molecule has 2 heterocycles. The maximum absolute atomic E-state index is 11.4. The number of rotatable bonds is 8. The van der Waals surface area contributed by atoms with Crippen LogP contribution in [-0.4, -0.2) is 78.4 Å². The molecule has 128 valence electrons. The Kier molecular flexibility index (Phi) is 7.55. The third-order valence-electron chi connectivity index (χ3n) is 3.76. The number of nitrogens with zero attached hydrogens (tertiary/aromatic N) is 4. The average molecular weight is 322 g/mol. The Labute approximate surface area is 136 Å². The van der Waals surface area contributed by atoms with Crippen LogP contribution in [0.3, 0.4) is 0 Å². The third-order valence-corrected chi connectivity index (χ3v) is 3.76. The molecule has 1 aliphatic rings. The number of piperazine rings is 1. The van der Waals surface area contributed by atoms with Gasteiger partial charge in [-0.15, -0.1) is 0 Å². The van der Waals surface area contributed by atoms with E-state index < -0.39 is 0 Å². The van der Waals surface area contributed by atoms with Crippen LogP contribution in [0.25, 0.3) is 0 Å². The zero-order valence-electron chi connectivity index (χ0n) is 13.4. The van der Waals surface area contributed by atoms with Crippen LogP contribution in [0.4, 0.5) is 10.7 Å². The smallest absolute Gasteiger partial charge is 0.314 e. The second kappa shape index (κ2) is 9.96. The molecule has 1 aromatic rings. The van der Waals surface area contributed by atoms with Crippen molar-refractivity contribution in [1.82, 2.24) is 25.5 Å². The van der Waals surface area contributed by atoms with E-state index >= 15 is 0 Å². The lowest BCUT2D eigenvalue weighted by Crippen LogP contribution is -2.47. The molecule has 0 atom stereocenters. The SMILES string of the molecule is O=C(NCCCO)NCCCN1CCN(c2ncccn2)CC1. The van der Waals surface area contributed by atoms with Crippen molar-refractivity contribution in [1.29, 1.82) is 0 Å².